The zero-order valence-electron chi connectivity index (χ0n) is 13.5. The van der Waals surface area contributed by atoms with E-state index >= 15 is 0 Å². The fourth-order valence-electron chi connectivity index (χ4n) is 2.95. The van der Waals surface area contributed by atoms with Gasteiger partial charge in [0, 0.05) is 25.6 Å². The number of amides is 1. The fraction of sp³-hybridized carbons (Fsp3) is 0.529. The molecule has 3 rings (SSSR count). The van der Waals surface area contributed by atoms with Crippen LogP contribution in [0, 0.1) is 5.92 Å². The molecule has 1 aliphatic rings. The van der Waals surface area contributed by atoms with Crippen LogP contribution < -0.4 is 15.5 Å². The molecule has 1 amide bonds. The van der Waals surface area contributed by atoms with Crippen molar-refractivity contribution in [1.29, 1.82) is 0 Å². The van der Waals surface area contributed by atoms with Gasteiger partial charge in [-0.05, 0) is 45.0 Å². The van der Waals surface area contributed by atoms with Crippen LogP contribution in [-0.4, -0.2) is 44.1 Å². The van der Waals surface area contributed by atoms with E-state index < -0.39 is 0 Å². The number of piperidine rings is 1. The number of oxazole rings is 1. The maximum atomic E-state index is 12.2. The Bertz CT molecular complexity index is 614. The van der Waals surface area contributed by atoms with Gasteiger partial charge in [0.15, 0.2) is 5.58 Å². The summed E-state index contributed by atoms with van der Waals surface area (Å²) in [7, 11) is 1.92. The molecule has 23 heavy (non-hydrogen) atoms. The first-order chi connectivity index (χ1) is 11.3. The molecule has 2 aromatic rings. The molecule has 2 heterocycles. The van der Waals surface area contributed by atoms with Crippen molar-refractivity contribution in [3.8, 4) is 0 Å². The first-order valence-corrected chi connectivity index (χ1v) is 8.31. The van der Waals surface area contributed by atoms with Crippen LogP contribution in [0.15, 0.2) is 28.7 Å². The number of nitrogens with one attached hydrogen (secondary N) is 2. The average Bonchev–Trinajstić information content (AvgIpc) is 3.03. The van der Waals surface area contributed by atoms with Crippen LogP contribution in [-0.2, 0) is 4.79 Å². The van der Waals surface area contributed by atoms with Gasteiger partial charge in [-0.25, -0.2) is 0 Å². The van der Waals surface area contributed by atoms with Crippen molar-refractivity contribution < 1.29 is 9.21 Å². The number of nitrogens with zero attached hydrogens (tertiary/aromatic N) is 2. The zero-order chi connectivity index (χ0) is 16.1. The number of fused-ring (bicyclic) bond motifs is 1. The smallest absolute Gasteiger partial charge is 0.298 e. The second-order valence-corrected chi connectivity index (χ2v) is 5.97. The number of para-hydroxylation sites is 2. The van der Waals surface area contributed by atoms with Gasteiger partial charge >= 0.3 is 0 Å². The monoisotopic (exact) mass is 316 g/mol. The Labute approximate surface area is 136 Å². The zero-order valence-corrected chi connectivity index (χ0v) is 13.5. The van der Waals surface area contributed by atoms with Gasteiger partial charge in [-0.2, -0.15) is 4.98 Å². The van der Waals surface area contributed by atoms with Crippen LogP contribution in [0.3, 0.4) is 0 Å². The van der Waals surface area contributed by atoms with Crippen molar-refractivity contribution in [3.63, 3.8) is 0 Å². The first kappa shape index (κ1) is 15.8. The van der Waals surface area contributed by atoms with Gasteiger partial charge in [0.25, 0.3) is 6.01 Å². The molecule has 6 nitrogen and oxygen atoms in total. The van der Waals surface area contributed by atoms with Crippen LogP contribution in [0.1, 0.15) is 19.3 Å². The molecule has 0 unspecified atom stereocenters. The third kappa shape index (κ3) is 3.82. The topological polar surface area (TPSA) is 70.4 Å². The van der Waals surface area contributed by atoms with Crippen LogP contribution in [0.2, 0.25) is 0 Å². The third-order valence-corrected chi connectivity index (χ3v) is 4.32. The highest BCUT2D eigenvalue weighted by atomic mass is 16.4. The molecular formula is C17H24N4O2. The largest absolute Gasteiger partial charge is 0.423 e. The fourth-order valence-corrected chi connectivity index (χ4v) is 2.95. The highest BCUT2D eigenvalue weighted by Gasteiger charge is 2.26. The molecule has 6 heteroatoms. The SMILES string of the molecule is CNCCCNC(=O)C1CCN(c2nc3ccccc3o2)CC1. The van der Waals surface area contributed by atoms with Gasteiger partial charge in [-0.1, -0.05) is 12.1 Å². The normalized spacial score (nSPS) is 16.0. The van der Waals surface area contributed by atoms with Crippen LogP contribution >= 0.6 is 0 Å². The molecule has 0 aliphatic carbocycles. The van der Waals surface area contributed by atoms with Crippen molar-refractivity contribution in [2.75, 3.05) is 38.1 Å². The minimum Gasteiger partial charge on any atom is -0.423 e. The second kappa shape index (κ2) is 7.46. The summed E-state index contributed by atoms with van der Waals surface area (Å²) in [4.78, 5) is 18.8. The quantitative estimate of drug-likeness (QED) is 0.795. The molecule has 1 fully saturated rings. The Morgan fingerprint density at radius 1 is 1.30 bits per heavy atom. The number of hydrogen-bond acceptors (Lipinski definition) is 5. The van der Waals surface area contributed by atoms with Crippen LogP contribution in [0.4, 0.5) is 6.01 Å². The predicted octanol–water partition coefficient (Wildman–Crippen LogP) is 1.77. The van der Waals surface area contributed by atoms with Crippen molar-refractivity contribution >= 4 is 23.0 Å². The van der Waals surface area contributed by atoms with E-state index in [-0.39, 0.29) is 11.8 Å². The van der Waals surface area contributed by atoms with E-state index in [1.54, 1.807) is 0 Å². The molecule has 124 valence electrons. The van der Waals surface area contributed by atoms with E-state index in [0.717, 1.165) is 56.5 Å². The van der Waals surface area contributed by atoms with Gasteiger partial charge in [0.2, 0.25) is 5.91 Å². The van der Waals surface area contributed by atoms with Crippen LogP contribution in [0.25, 0.3) is 11.1 Å². The minimum absolute atomic E-state index is 0.102. The van der Waals surface area contributed by atoms with Gasteiger partial charge in [-0.15, -0.1) is 0 Å². The van der Waals surface area contributed by atoms with E-state index in [2.05, 4.69) is 20.5 Å². The standard InChI is InChI=1S/C17H24N4O2/c1-18-9-4-10-19-16(22)13-7-11-21(12-8-13)17-20-14-5-2-3-6-15(14)23-17/h2-3,5-6,13,18H,4,7-12H2,1H3,(H,19,22). The lowest BCUT2D eigenvalue weighted by atomic mass is 9.96. The summed E-state index contributed by atoms with van der Waals surface area (Å²) in [6.07, 6.45) is 2.65. The minimum atomic E-state index is 0.102. The predicted molar refractivity (Wildman–Crippen MR) is 90.5 cm³/mol. The Morgan fingerprint density at radius 3 is 2.83 bits per heavy atom. The Morgan fingerprint density at radius 2 is 2.09 bits per heavy atom. The molecule has 2 N–H and O–H groups in total. The Hall–Kier alpha value is -2.08. The Kier molecular flexibility index (Phi) is 5.12. The Balaban J connectivity index is 1.50. The molecule has 1 aromatic heterocycles. The summed E-state index contributed by atoms with van der Waals surface area (Å²) in [6, 6.07) is 8.45. The number of anilines is 1. The summed E-state index contributed by atoms with van der Waals surface area (Å²) >= 11 is 0. The molecule has 1 aliphatic heterocycles. The van der Waals surface area contributed by atoms with Gasteiger partial charge in [0.1, 0.15) is 5.52 Å². The van der Waals surface area contributed by atoms with E-state index in [1.165, 1.54) is 0 Å². The maximum absolute atomic E-state index is 12.2. The van der Waals surface area contributed by atoms with Gasteiger partial charge < -0.3 is 20.0 Å². The van der Waals surface area contributed by atoms with E-state index in [4.69, 9.17) is 4.42 Å². The molecule has 0 saturated carbocycles. The van der Waals surface area contributed by atoms with E-state index in [1.807, 2.05) is 31.3 Å². The lowest BCUT2D eigenvalue weighted by molar-refractivity contribution is -0.125. The van der Waals surface area contributed by atoms with Crippen molar-refractivity contribution in [3.05, 3.63) is 24.3 Å². The third-order valence-electron chi connectivity index (χ3n) is 4.32. The lowest BCUT2D eigenvalue weighted by Crippen LogP contribution is -2.41. The molecule has 1 saturated heterocycles. The summed E-state index contributed by atoms with van der Waals surface area (Å²) in [5.74, 6) is 0.281. The summed E-state index contributed by atoms with van der Waals surface area (Å²) in [6.45, 7) is 3.28. The number of benzene rings is 1. The van der Waals surface area contributed by atoms with Gasteiger partial charge in [0.05, 0.1) is 0 Å². The molecule has 0 atom stereocenters. The van der Waals surface area contributed by atoms with Crippen molar-refractivity contribution in [2.24, 2.45) is 5.92 Å². The number of carbonyl (C=O) groups is 1. The van der Waals surface area contributed by atoms with E-state index in [0.29, 0.717) is 6.01 Å². The lowest BCUT2D eigenvalue weighted by Gasteiger charge is -2.30. The number of hydrogen-bond donors (Lipinski definition) is 2. The van der Waals surface area contributed by atoms with Crippen LogP contribution in [0.5, 0.6) is 0 Å². The summed E-state index contributed by atoms with van der Waals surface area (Å²) in [5, 5.41) is 6.11. The highest BCUT2D eigenvalue weighted by Crippen LogP contribution is 2.26. The summed E-state index contributed by atoms with van der Waals surface area (Å²) < 4.78 is 5.80. The summed E-state index contributed by atoms with van der Waals surface area (Å²) in [5.41, 5.74) is 1.69. The number of aromatic nitrogens is 1. The molecule has 1 aromatic carbocycles. The average molecular weight is 316 g/mol. The number of rotatable bonds is 6. The molecule has 0 radical (unpaired) electrons. The maximum Gasteiger partial charge on any atom is 0.298 e. The van der Waals surface area contributed by atoms with Crippen molar-refractivity contribution in [2.45, 2.75) is 19.3 Å². The molecule has 0 bridgehead atoms. The highest BCUT2D eigenvalue weighted by molar-refractivity contribution is 5.79. The molecule has 0 spiro atoms. The second-order valence-electron chi connectivity index (χ2n) is 5.97. The number of carbonyl (C=O) groups excluding carboxylic acids is 1. The van der Waals surface area contributed by atoms with E-state index in [9.17, 15) is 4.79 Å². The molecular weight excluding hydrogens is 292 g/mol. The first-order valence-electron chi connectivity index (χ1n) is 8.31. The van der Waals surface area contributed by atoms with Gasteiger partial charge in [-0.3, -0.25) is 4.79 Å². The van der Waals surface area contributed by atoms with Crippen molar-refractivity contribution in [1.82, 2.24) is 15.6 Å².